The van der Waals surface area contributed by atoms with E-state index in [0.29, 0.717) is 16.4 Å². The lowest BCUT2D eigenvalue weighted by molar-refractivity contribution is -0.120. The highest BCUT2D eigenvalue weighted by molar-refractivity contribution is 7.98. The van der Waals surface area contributed by atoms with E-state index in [1.54, 1.807) is 12.1 Å². The van der Waals surface area contributed by atoms with Crippen molar-refractivity contribution in [2.24, 2.45) is 5.92 Å². The van der Waals surface area contributed by atoms with Crippen molar-refractivity contribution in [1.29, 1.82) is 0 Å². The molecule has 1 aromatic carbocycles. The van der Waals surface area contributed by atoms with Crippen molar-refractivity contribution < 1.29 is 17.8 Å². The van der Waals surface area contributed by atoms with E-state index in [2.05, 4.69) is 27.0 Å². The van der Waals surface area contributed by atoms with Crippen molar-refractivity contribution in [2.75, 3.05) is 12.0 Å². The smallest absolute Gasteiger partial charge is 0.184 e. The van der Waals surface area contributed by atoms with Crippen LogP contribution >= 0.6 is 0 Å². The number of hydrogen-bond acceptors (Lipinski definition) is 4. The number of aryl methyl sites for hydroxylation is 1. The van der Waals surface area contributed by atoms with Crippen LogP contribution in [0.2, 0.25) is 0 Å². The zero-order valence-corrected chi connectivity index (χ0v) is 17.5. The minimum Gasteiger partial charge on any atom is -0.744 e. The topological polar surface area (TPSA) is 74.3 Å². The fraction of sp³-hybridized carbons (Fsp3) is 0.632. The Morgan fingerprint density at radius 3 is 2.04 bits per heavy atom. The quantitative estimate of drug-likeness (QED) is 0.584. The summed E-state index contributed by atoms with van der Waals surface area (Å²) in [7, 11) is -4.03. The highest BCUT2D eigenvalue weighted by atomic mass is 32.2. The van der Waals surface area contributed by atoms with Crippen LogP contribution in [0.15, 0.2) is 29.2 Å². The third-order valence-corrected chi connectivity index (χ3v) is 8.18. The minimum atomic E-state index is -4.27. The first kappa shape index (κ1) is 22.2. The van der Waals surface area contributed by atoms with Crippen LogP contribution in [-0.2, 0) is 25.8 Å². The molecule has 1 fully saturated rings. The molecule has 1 unspecified atom stereocenters. The Morgan fingerprint density at radius 2 is 1.64 bits per heavy atom. The number of rotatable bonds is 4. The molecule has 4 nitrogen and oxygen atoms in total. The highest BCUT2D eigenvalue weighted by Gasteiger charge is 2.34. The maximum absolute atomic E-state index is 11.9. The van der Waals surface area contributed by atoms with Gasteiger partial charge in [-0.25, -0.2) is 8.42 Å². The van der Waals surface area contributed by atoms with Crippen LogP contribution in [0.25, 0.3) is 0 Å². The Kier molecular flexibility index (Phi) is 8.16. The number of carbonyl (C=O) groups is 1. The molecule has 142 valence electrons. The second kappa shape index (κ2) is 9.19. The zero-order valence-electron chi connectivity index (χ0n) is 15.9. The summed E-state index contributed by atoms with van der Waals surface area (Å²) in [6, 6.07) is 5.78. The first-order valence-electron chi connectivity index (χ1n) is 8.59. The minimum absolute atomic E-state index is 0.178. The number of benzene rings is 1. The summed E-state index contributed by atoms with van der Waals surface area (Å²) in [6.07, 6.45) is 7.07. The Hall–Kier alpha value is -0.850. The molecule has 0 aromatic heterocycles. The van der Waals surface area contributed by atoms with Gasteiger partial charge in [0.25, 0.3) is 0 Å². The van der Waals surface area contributed by atoms with Gasteiger partial charge in [0.05, 0.1) is 11.2 Å². The Morgan fingerprint density at radius 1 is 1.16 bits per heavy atom. The van der Waals surface area contributed by atoms with Gasteiger partial charge >= 0.3 is 0 Å². The van der Waals surface area contributed by atoms with Crippen molar-refractivity contribution >= 4 is 26.8 Å². The third-order valence-electron chi connectivity index (χ3n) is 4.52. The van der Waals surface area contributed by atoms with Gasteiger partial charge in [0, 0.05) is 5.92 Å². The maximum Gasteiger partial charge on any atom is 0.184 e. The van der Waals surface area contributed by atoms with E-state index in [0.717, 1.165) is 24.2 Å². The van der Waals surface area contributed by atoms with E-state index in [4.69, 9.17) is 0 Å². The molecule has 0 saturated heterocycles. The molecule has 1 aromatic rings. The monoisotopic (exact) mass is 386 g/mol. The number of Topliss-reactive ketones (excluding diaryl/α,β-unsaturated/α-hetero) is 1. The Balaban J connectivity index is 0.000000257. The predicted octanol–water partition coefficient (Wildman–Crippen LogP) is 3.69. The molecule has 1 atom stereocenters. The number of hydrogen-bond donors (Lipinski definition) is 0. The molecule has 0 aliphatic heterocycles. The van der Waals surface area contributed by atoms with Gasteiger partial charge in [-0.2, -0.15) is 0 Å². The second-order valence-electron chi connectivity index (χ2n) is 7.61. The van der Waals surface area contributed by atoms with Crippen LogP contribution in [0, 0.1) is 12.8 Å². The highest BCUT2D eigenvalue weighted by Crippen LogP contribution is 2.27. The first-order chi connectivity index (χ1) is 11.4. The van der Waals surface area contributed by atoms with Gasteiger partial charge in [0.15, 0.2) is 11.5 Å². The van der Waals surface area contributed by atoms with Crippen LogP contribution in [0.3, 0.4) is 0 Å². The van der Waals surface area contributed by atoms with E-state index in [1.165, 1.54) is 25.0 Å². The molecule has 1 aliphatic carbocycles. The molecule has 2 rings (SSSR count). The van der Waals surface area contributed by atoms with Gasteiger partial charge in [0.2, 0.25) is 0 Å². The van der Waals surface area contributed by atoms with Crippen molar-refractivity contribution in [3.05, 3.63) is 29.8 Å². The summed E-state index contributed by atoms with van der Waals surface area (Å²) >= 11 is 0. The average Bonchev–Trinajstić information content (AvgIpc) is 3.00. The summed E-state index contributed by atoms with van der Waals surface area (Å²) in [6.45, 7) is 8.52. The fourth-order valence-electron chi connectivity index (χ4n) is 2.50. The van der Waals surface area contributed by atoms with Crippen LogP contribution in [0.5, 0.6) is 0 Å². The van der Waals surface area contributed by atoms with Gasteiger partial charge < -0.3 is 4.55 Å². The van der Waals surface area contributed by atoms with Gasteiger partial charge in [-0.1, -0.05) is 30.5 Å². The standard InChI is InChI=1S/C12H23OS.C7H8O3S/c1-12(2,3)14(4)9-11(13)10-7-5-6-8-10;1-6-2-4-7(5-3-6)11(8,9)10/h10H,5-9H2,1-4H3;2-5H,1H3,(H,8,9,10)/q+1;/p-1. The van der Waals surface area contributed by atoms with Gasteiger partial charge in [-0.05, 0) is 63.6 Å². The first-order valence-corrected chi connectivity index (χ1v) is 11.8. The summed E-state index contributed by atoms with van der Waals surface area (Å²) in [5.41, 5.74) is 0.928. The summed E-state index contributed by atoms with van der Waals surface area (Å²) in [5, 5.41) is 0. The predicted molar refractivity (Wildman–Crippen MR) is 104 cm³/mol. The summed E-state index contributed by atoms with van der Waals surface area (Å²) in [5.74, 6) is 1.75. The molecule has 25 heavy (non-hydrogen) atoms. The Bertz CT molecular complexity index is 652. The molecular weight excluding hydrogens is 356 g/mol. The molecule has 0 bridgehead atoms. The SMILES string of the molecule is C[S+](CC(=O)C1CCCC1)C(C)(C)C.Cc1ccc(S(=O)(=O)[O-])cc1. The summed E-state index contributed by atoms with van der Waals surface area (Å²) in [4.78, 5) is 11.7. The van der Waals surface area contributed by atoms with Gasteiger partial charge in [-0.3, -0.25) is 4.79 Å². The molecule has 0 radical (unpaired) electrons. The third kappa shape index (κ3) is 7.92. The second-order valence-corrected chi connectivity index (χ2v) is 11.8. The molecule has 0 spiro atoms. The van der Waals surface area contributed by atoms with E-state index in [1.807, 2.05) is 6.92 Å². The van der Waals surface area contributed by atoms with Crippen LogP contribution in [0.4, 0.5) is 0 Å². The van der Waals surface area contributed by atoms with Crippen LogP contribution in [-0.4, -0.2) is 35.5 Å². The average molecular weight is 387 g/mol. The molecule has 0 amide bonds. The van der Waals surface area contributed by atoms with Crippen molar-refractivity contribution in [3.8, 4) is 0 Å². The Labute approximate surface area is 155 Å². The molecule has 0 N–H and O–H groups in total. The fourth-order valence-corrected chi connectivity index (χ4v) is 4.07. The lowest BCUT2D eigenvalue weighted by atomic mass is 10.0. The zero-order chi connectivity index (χ0) is 19.3. The lowest BCUT2D eigenvalue weighted by Crippen LogP contribution is -2.34. The number of carbonyl (C=O) groups excluding carboxylic acids is 1. The largest absolute Gasteiger partial charge is 0.744 e. The molecule has 1 saturated carbocycles. The van der Waals surface area contributed by atoms with E-state index in [9.17, 15) is 17.8 Å². The van der Waals surface area contributed by atoms with Gasteiger partial charge in [-0.15, -0.1) is 0 Å². The molecular formula is C19H30O4S2. The van der Waals surface area contributed by atoms with Crippen LogP contribution in [0.1, 0.15) is 52.0 Å². The van der Waals surface area contributed by atoms with E-state index in [-0.39, 0.29) is 15.8 Å². The van der Waals surface area contributed by atoms with E-state index < -0.39 is 10.1 Å². The lowest BCUT2D eigenvalue weighted by Gasteiger charge is -2.18. The van der Waals surface area contributed by atoms with Crippen molar-refractivity contribution in [3.63, 3.8) is 0 Å². The van der Waals surface area contributed by atoms with Gasteiger partial charge in [0.1, 0.15) is 14.9 Å². The molecule has 0 heterocycles. The number of ketones is 1. The molecule has 6 heteroatoms. The van der Waals surface area contributed by atoms with Crippen molar-refractivity contribution in [2.45, 2.75) is 63.0 Å². The van der Waals surface area contributed by atoms with Crippen LogP contribution < -0.4 is 0 Å². The van der Waals surface area contributed by atoms with E-state index >= 15 is 0 Å². The normalized spacial score (nSPS) is 16.9. The molecule has 1 aliphatic rings. The van der Waals surface area contributed by atoms with Crippen molar-refractivity contribution in [1.82, 2.24) is 0 Å². The summed E-state index contributed by atoms with van der Waals surface area (Å²) < 4.78 is 31.5. The maximum atomic E-state index is 11.9.